The lowest BCUT2D eigenvalue weighted by molar-refractivity contribution is 0.220. The van der Waals surface area contributed by atoms with Crippen LogP contribution in [0.5, 0.6) is 5.75 Å². The molecule has 0 atom stereocenters. The Balaban J connectivity index is 1.93. The average Bonchev–Trinajstić information content (AvgIpc) is 2.56. The van der Waals surface area contributed by atoms with Crippen LogP contribution < -0.4 is 15.0 Å². The van der Waals surface area contributed by atoms with Crippen molar-refractivity contribution in [2.75, 3.05) is 38.5 Å². The molecule has 0 radical (unpaired) electrons. The molecule has 0 fully saturated rings. The minimum atomic E-state index is -0.146. The summed E-state index contributed by atoms with van der Waals surface area (Å²) in [5.74, 6) is 0.761. The molecule has 1 N–H and O–H groups in total. The molecule has 0 aromatic heterocycles. The maximum Gasteiger partial charge on any atom is 0.321 e. The molecule has 2 amide bonds. The molecule has 0 aliphatic carbocycles. The number of amides is 2. The molecule has 0 aliphatic rings. The third kappa shape index (κ3) is 4.64. The summed E-state index contributed by atoms with van der Waals surface area (Å²) >= 11 is 0. The summed E-state index contributed by atoms with van der Waals surface area (Å²) in [4.78, 5) is 15.9. The standard InChI is InChI=1S/C18H23N3O2/c1-20(2)16-9-5-14(6-10-16)13-21(3)18(22)19-15-7-11-17(23-4)12-8-15/h5-12H,13H2,1-4H3,(H,19,22). The predicted octanol–water partition coefficient (Wildman–Crippen LogP) is 3.43. The molecule has 0 heterocycles. The minimum Gasteiger partial charge on any atom is -0.497 e. The first-order valence-electron chi connectivity index (χ1n) is 7.42. The summed E-state index contributed by atoms with van der Waals surface area (Å²) in [6.07, 6.45) is 0. The number of benzene rings is 2. The van der Waals surface area contributed by atoms with Gasteiger partial charge in [-0.05, 0) is 42.0 Å². The van der Waals surface area contributed by atoms with Gasteiger partial charge in [-0.25, -0.2) is 4.79 Å². The van der Waals surface area contributed by atoms with Crippen LogP contribution in [0, 0.1) is 0 Å². The van der Waals surface area contributed by atoms with E-state index in [2.05, 4.69) is 5.32 Å². The Bertz CT molecular complexity index is 636. The van der Waals surface area contributed by atoms with Gasteiger partial charge in [-0.15, -0.1) is 0 Å². The molecule has 0 unspecified atom stereocenters. The molecule has 5 heteroatoms. The highest BCUT2D eigenvalue weighted by molar-refractivity contribution is 5.89. The predicted molar refractivity (Wildman–Crippen MR) is 94.2 cm³/mol. The van der Waals surface area contributed by atoms with Crippen molar-refractivity contribution in [3.63, 3.8) is 0 Å². The smallest absolute Gasteiger partial charge is 0.321 e. The van der Waals surface area contributed by atoms with Crippen molar-refractivity contribution < 1.29 is 9.53 Å². The lowest BCUT2D eigenvalue weighted by atomic mass is 10.2. The van der Waals surface area contributed by atoms with E-state index in [0.29, 0.717) is 6.54 Å². The number of anilines is 2. The zero-order chi connectivity index (χ0) is 16.8. The fourth-order valence-corrected chi connectivity index (χ4v) is 2.14. The van der Waals surface area contributed by atoms with E-state index in [1.807, 2.05) is 67.5 Å². The Morgan fingerprint density at radius 1 is 1.00 bits per heavy atom. The Morgan fingerprint density at radius 3 is 2.13 bits per heavy atom. The molecular weight excluding hydrogens is 290 g/mol. The number of urea groups is 1. The third-order valence-corrected chi connectivity index (χ3v) is 3.56. The number of rotatable bonds is 5. The van der Waals surface area contributed by atoms with Crippen LogP contribution in [-0.4, -0.2) is 39.2 Å². The van der Waals surface area contributed by atoms with Gasteiger partial charge >= 0.3 is 6.03 Å². The van der Waals surface area contributed by atoms with Crippen molar-refractivity contribution in [2.24, 2.45) is 0 Å². The van der Waals surface area contributed by atoms with E-state index in [4.69, 9.17) is 4.74 Å². The summed E-state index contributed by atoms with van der Waals surface area (Å²) in [6, 6.07) is 15.3. The first kappa shape index (κ1) is 16.7. The Labute approximate surface area is 137 Å². The van der Waals surface area contributed by atoms with Gasteiger partial charge in [0.25, 0.3) is 0 Å². The molecule has 2 aromatic rings. The number of hydrogen-bond acceptors (Lipinski definition) is 3. The van der Waals surface area contributed by atoms with Crippen molar-refractivity contribution in [1.82, 2.24) is 4.90 Å². The first-order chi connectivity index (χ1) is 11.0. The number of carbonyl (C=O) groups is 1. The van der Waals surface area contributed by atoms with E-state index in [0.717, 1.165) is 22.7 Å². The van der Waals surface area contributed by atoms with E-state index in [9.17, 15) is 4.79 Å². The maximum atomic E-state index is 12.2. The van der Waals surface area contributed by atoms with Crippen LogP contribution >= 0.6 is 0 Å². The minimum absolute atomic E-state index is 0.146. The lowest BCUT2D eigenvalue weighted by Crippen LogP contribution is -2.30. The normalized spacial score (nSPS) is 10.1. The Hall–Kier alpha value is -2.69. The summed E-state index contributed by atoms with van der Waals surface area (Å²) in [5, 5.41) is 2.87. The fourth-order valence-electron chi connectivity index (χ4n) is 2.14. The van der Waals surface area contributed by atoms with Gasteiger partial charge in [-0.2, -0.15) is 0 Å². The summed E-state index contributed by atoms with van der Waals surface area (Å²) in [7, 11) is 7.40. The fraction of sp³-hybridized carbons (Fsp3) is 0.278. The number of nitrogens with zero attached hydrogens (tertiary/aromatic N) is 2. The van der Waals surface area contributed by atoms with Crippen LogP contribution in [0.4, 0.5) is 16.2 Å². The molecule has 23 heavy (non-hydrogen) atoms. The SMILES string of the molecule is COc1ccc(NC(=O)N(C)Cc2ccc(N(C)C)cc2)cc1. The molecule has 0 spiro atoms. The van der Waals surface area contributed by atoms with Gasteiger partial charge in [0.2, 0.25) is 0 Å². The molecule has 0 aliphatic heterocycles. The monoisotopic (exact) mass is 313 g/mol. The number of methoxy groups -OCH3 is 1. The van der Waals surface area contributed by atoms with Gasteiger partial charge in [-0.1, -0.05) is 12.1 Å². The second kappa shape index (κ2) is 7.54. The van der Waals surface area contributed by atoms with Crippen LogP contribution in [0.2, 0.25) is 0 Å². The van der Waals surface area contributed by atoms with E-state index >= 15 is 0 Å². The zero-order valence-electron chi connectivity index (χ0n) is 14.0. The molecule has 0 saturated carbocycles. The largest absolute Gasteiger partial charge is 0.497 e. The van der Waals surface area contributed by atoms with E-state index in [-0.39, 0.29) is 6.03 Å². The zero-order valence-corrected chi connectivity index (χ0v) is 14.0. The van der Waals surface area contributed by atoms with E-state index < -0.39 is 0 Å². The van der Waals surface area contributed by atoms with Crippen LogP contribution in [0.1, 0.15) is 5.56 Å². The van der Waals surface area contributed by atoms with E-state index in [1.54, 1.807) is 19.1 Å². The van der Waals surface area contributed by atoms with Crippen LogP contribution in [-0.2, 0) is 6.54 Å². The average molecular weight is 313 g/mol. The van der Waals surface area contributed by atoms with E-state index in [1.165, 1.54) is 0 Å². The van der Waals surface area contributed by atoms with Crippen LogP contribution in [0.25, 0.3) is 0 Å². The molecule has 2 rings (SSSR count). The van der Waals surface area contributed by atoms with Crippen LogP contribution in [0.3, 0.4) is 0 Å². The molecule has 2 aromatic carbocycles. The van der Waals surface area contributed by atoms with Gasteiger partial charge in [0.15, 0.2) is 0 Å². The third-order valence-electron chi connectivity index (χ3n) is 3.56. The van der Waals surface area contributed by atoms with Crippen molar-refractivity contribution in [3.05, 3.63) is 54.1 Å². The summed E-state index contributed by atoms with van der Waals surface area (Å²) < 4.78 is 5.10. The topological polar surface area (TPSA) is 44.8 Å². The van der Waals surface area contributed by atoms with Crippen molar-refractivity contribution in [2.45, 2.75) is 6.54 Å². The summed E-state index contributed by atoms with van der Waals surface area (Å²) in [5.41, 5.74) is 2.97. The van der Waals surface area contributed by atoms with Gasteiger partial charge < -0.3 is 19.9 Å². The second-order valence-corrected chi connectivity index (χ2v) is 5.58. The molecule has 0 bridgehead atoms. The van der Waals surface area contributed by atoms with Crippen molar-refractivity contribution in [3.8, 4) is 5.75 Å². The molecular formula is C18H23N3O2. The van der Waals surface area contributed by atoms with Crippen molar-refractivity contribution >= 4 is 17.4 Å². The number of carbonyl (C=O) groups excluding carboxylic acids is 1. The number of ether oxygens (including phenoxy) is 1. The highest BCUT2D eigenvalue weighted by Gasteiger charge is 2.09. The molecule has 5 nitrogen and oxygen atoms in total. The lowest BCUT2D eigenvalue weighted by Gasteiger charge is -2.19. The first-order valence-corrected chi connectivity index (χ1v) is 7.42. The van der Waals surface area contributed by atoms with Gasteiger partial charge in [-0.3, -0.25) is 0 Å². The molecule has 122 valence electrons. The second-order valence-electron chi connectivity index (χ2n) is 5.58. The van der Waals surface area contributed by atoms with Gasteiger partial charge in [0.05, 0.1) is 7.11 Å². The van der Waals surface area contributed by atoms with Crippen molar-refractivity contribution in [1.29, 1.82) is 0 Å². The quantitative estimate of drug-likeness (QED) is 0.920. The maximum absolute atomic E-state index is 12.2. The Morgan fingerprint density at radius 2 is 1.61 bits per heavy atom. The van der Waals surface area contributed by atoms with Gasteiger partial charge in [0.1, 0.15) is 5.75 Å². The molecule has 0 saturated heterocycles. The van der Waals surface area contributed by atoms with Gasteiger partial charge in [0, 0.05) is 39.1 Å². The Kier molecular flexibility index (Phi) is 5.46. The highest BCUT2D eigenvalue weighted by atomic mass is 16.5. The van der Waals surface area contributed by atoms with Crippen LogP contribution in [0.15, 0.2) is 48.5 Å². The number of hydrogen-bond donors (Lipinski definition) is 1. The highest BCUT2D eigenvalue weighted by Crippen LogP contribution is 2.16. The number of nitrogens with one attached hydrogen (secondary N) is 1. The summed E-state index contributed by atoms with van der Waals surface area (Å²) in [6.45, 7) is 0.551.